The molecule has 1 unspecified atom stereocenters. The summed E-state index contributed by atoms with van der Waals surface area (Å²) in [6.07, 6.45) is 2.84. The third-order valence-electron chi connectivity index (χ3n) is 3.43. The number of rotatable bonds is 7. The summed E-state index contributed by atoms with van der Waals surface area (Å²) in [7, 11) is 0. The van der Waals surface area contributed by atoms with Gasteiger partial charge in [0.1, 0.15) is 6.23 Å². The Labute approximate surface area is 145 Å². The number of aromatic nitrogens is 4. The zero-order chi connectivity index (χ0) is 16.8. The van der Waals surface area contributed by atoms with E-state index in [1.807, 2.05) is 54.0 Å². The molecule has 24 heavy (non-hydrogen) atoms. The molecule has 0 radical (unpaired) electrons. The maximum Gasteiger partial charge on any atom is 0.191 e. The highest BCUT2D eigenvalue weighted by molar-refractivity contribution is 7.99. The van der Waals surface area contributed by atoms with E-state index in [4.69, 9.17) is 0 Å². The number of thioether (sulfide) groups is 1. The van der Waals surface area contributed by atoms with Crippen LogP contribution in [0.2, 0.25) is 0 Å². The number of para-hydroxylation sites is 1. The van der Waals surface area contributed by atoms with Crippen molar-refractivity contribution in [1.29, 1.82) is 0 Å². The van der Waals surface area contributed by atoms with Crippen molar-refractivity contribution >= 4 is 17.4 Å². The zero-order valence-corrected chi connectivity index (χ0v) is 14.1. The molecular weight excluding hydrogens is 322 g/mol. The Balaban J connectivity index is 1.66. The van der Waals surface area contributed by atoms with Crippen LogP contribution in [0.15, 0.2) is 60.0 Å². The van der Waals surface area contributed by atoms with Crippen LogP contribution in [-0.4, -0.2) is 36.8 Å². The molecule has 0 aliphatic carbocycles. The number of hydrogen-bond donors (Lipinski definition) is 2. The first-order valence-electron chi connectivity index (χ1n) is 7.74. The van der Waals surface area contributed by atoms with Crippen LogP contribution in [-0.2, 0) is 6.54 Å². The number of anilines is 1. The SMILES string of the molecule is CCn1c(SCC(O)Nc2ccccc2)nnc1-c1cccnc1. The Morgan fingerprint density at radius 2 is 2.00 bits per heavy atom. The van der Waals surface area contributed by atoms with Crippen LogP contribution in [0.5, 0.6) is 0 Å². The summed E-state index contributed by atoms with van der Waals surface area (Å²) in [5.41, 5.74) is 1.82. The highest BCUT2D eigenvalue weighted by atomic mass is 32.2. The van der Waals surface area contributed by atoms with Crippen molar-refractivity contribution in [2.75, 3.05) is 11.1 Å². The molecule has 3 rings (SSSR count). The molecule has 1 aromatic carbocycles. The van der Waals surface area contributed by atoms with Gasteiger partial charge in [-0.25, -0.2) is 0 Å². The Morgan fingerprint density at radius 3 is 2.71 bits per heavy atom. The summed E-state index contributed by atoms with van der Waals surface area (Å²) in [6, 6.07) is 13.5. The third kappa shape index (κ3) is 3.93. The minimum atomic E-state index is -0.666. The number of aliphatic hydroxyl groups excluding tert-OH is 1. The molecule has 0 aliphatic heterocycles. The minimum absolute atomic E-state index is 0.472. The predicted molar refractivity (Wildman–Crippen MR) is 95.7 cm³/mol. The van der Waals surface area contributed by atoms with Gasteiger partial charge in [-0.15, -0.1) is 10.2 Å². The van der Waals surface area contributed by atoms with Crippen molar-refractivity contribution in [3.8, 4) is 11.4 Å². The molecule has 0 spiro atoms. The topological polar surface area (TPSA) is 75.9 Å². The average molecular weight is 341 g/mol. The van der Waals surface area contributed by atoms with E-state index in [2.05, 4.69) is 20.5 Å². The third-order valence-corrected chi connectivity index (χ3v) is 4.47. The van der Waals surface area contributed by atoms with E-state index in [-0.39, 0.29) is 0 Å². The molecule has 0 saturated heterocycles. The van der Waals surface area contributed by atoms with Gasteiger partial charge in [0.2, 0.25) is 0 Å². The molecular formula is C17H19N5OS. The van der Waals surface area contributed by atoms with Crippen LogP contribution >= 0.6 is 11.8 Å². The van der Waals surface area contributed by atoms with Crippen molar-refractivity contribution in [3.05, 3.63) is 54.9 Å². The molecule has 0 aliphatic rings. The van der Waals surface area contributed by atoms with E-state index in [0.717, 1.165) is 28.8 Å². The van der Waals surface area contributed by atoms with E-state index in [1.165, 1.54) is 11.8 Å². The molecule has 0 saturated carbocycles. The van der Waals surface area contributed by atoms with Crippen molar-refractivity contribution in [1.82, 2.24) is 19.7 Å². The van der Waals surface area contributed by atoms with Gasteiger partial charge in [0, 0.05) is 35.9 Å². The van der Waals surface area contributed by atoms with Gasteiger partial charge in [0.25, 0.3) is 0 Å². The minimum Gasteiger partial charge on any atom is -0.373 e. The predicted octanol–water partition coefficient (Wildman–Crippen LogP) is 2.88. The van der Waals surface area contributed by atoms with E-state index in [1.54, 1.807) is 12.4 Å². The lowest BCUT2D eigenvalue weighted by atomic mass is 10.3. The highest BCUT2D eigenvalue weighted by Crippen LogP contribution is 2.24. The normalized spacial score (nSPS) is 12.1. The second-order valence-corrected chi connectivity index (χ2v) is 6.12. The summed E-state index contributed by atoms with van der Waals surface area (Å²) in [5.74, 6) is 1.26. The smallest absolute Gasteiger partial charge is 0.191 e. The number of pyridine rings is 1. The quantitative estimate of drug-likeness (QED) is 0.508. The van der Waals surface area contributed by atoms with Gasteiger partial charge < -0.3 is 15.0 Å². The van der Waals surface area contributed by atoms with Crippen LogP contribution in [0.1, 0.15) is 6.92 Å². The number of hydrogen-bond acceptors (Lipinski definition) is 6. The van der Waals surface area contributed by atoms with Crippen LogP contribution < -0.4 is 5.32 Å². The molecule has 6 nitrogen and oxygen atoms in total. The molecule has 0 amide bonds. The van der Waals surface area contributed by atoms with E-state index < -0.39 is 6.23 Å². The van der Waals surface area contributed by atoms with Crippen LogP contribution in [0.25, 0.3) is 11.4 Å². The van der Waals surface area contributed by atoms with Crippen molar-refractivity contribution in [2.24, 2.45) is 0 Å². The summed E-state index contributed by atoms with van der Waals surface area (Å²) in [5, 5.41) is 22.5. The first kappa shape index (κ1) is 16.5. The molecule has 124 valence electrons. The first-order chi connectivity index (χ1) is 11.8. The molecule has 2 N–H and O–H groups in total. The maximum absolute atomic E-state index is 10.2. The molecule has 1 atom stereocenters. The lowest BCUT2D eigenvalue weighted by Crippen LogP contribution is -2.21. The van der Waals surface area contributed by atoms with Gasteiger partial charge in [-0.2, -0.15) is 0 Å². The van der Waals surface area contributed by atoms with Crippen LogP contribution in [0, 0.1) is 0 Å². The van der Waals surface area contributed by atoms with Gasteiger partial charge in [-0.1, -0.05) is 30.0 Å². The average Bonchev–Trinajstić information content (AvgIpc) is 3.04. The number of nitrogens with zero attached hydrogens (tertiary/aromatic N) is 4. The Hall–Kier alpha value is -2.38. The van der Waals surface area contributed by atoms with E-state index in [0.29, 0.717) is 5.75 Å². The monoisotopic (exact) mass is 341 g/mol. The summed E-state index contributed by atoms with van der Waals surface area (Å²) in [4.78, 5) is 4.13. The number of benzene rings is 1. The highest BCUT2D eigenvalue weighted by Gasteiger charge is 2.14. The Kier molecular flexibility index (Phi) is 5.45. The fourth-order valence-corrected chi connectivity index (χ4v) is 3.17. The summed E-state index contributed by atoms with van der Waals surface area (Å²) >= 11 is 1.47. The molecule has 0 bridgehead atoms. The van der Waals surface area contributed by atoms with Gasteiger partial charge in [0.15, 0.2) is 11.0 Å². The Morgan fingerprint density at radius 1 is 1.17 bits per heavy atom. The lowest BCUT2D eigenvalue weighted by molar-refractivity contribution is 0.229. The van der Waals surface area contributed by atoms with Crippen LogP contribution in [0.3, 0.4) is 0 Å². The number of aliphatic hydroxyl groups is 1. The van der Waals surface area contributed by atoms with E-state index >= 15 is 0 Å². The lowest BCUT2D eigenvalue weighted by Gasteiger charge is -2.14. The summed E-state index contributed by atoms with van der Waals surface area (Å²) < 4.78 is 2.02. The molecule has 7 heteroatoms. The molecule has 2 heterocycles. The van der Waals surface area contributed by atoms with Gasteiger partial charge in [-0.3, -0.25) is 4.98 Å². The van der Waals surface area contributed by atoms with Crippen molar-refractivity contribution in [3.63, 3.8) is 0 Å². The Bertz CT molecular complexity index is 763. The maximum atomic E-state index is 10.2. The summed E-state index contributed by atoms with van der Waals surface area (Å²) in [6.45, 7) is 2.80. The van der Waals surface area contributed by atoms with Crippen molar-refractivity contribution < 1.29 is 5.11 Å². The standard InChI is InChI=1S/C17H19N5OS/c1-2-22-16(13-7-6-10-18-11-13)20-21-17(22)24-12-15(23)19-14-8-4-3-5-9-14/h3-11,15,19,23H,2,12H2,1H3. The van der Waals surface area contributed by atoms with Crippen LogP contribution in [0.4, 0.5) is 5.69 Å². The zero-order valence-electron chi connectivity index (χ0n) is 13.3. The largest absolute Gasteiger partial charge is 0.373 e. The molecule has 2 aromatic heterocycles. The fourth-order valence-electron chi connectivity index (χ4n) is 2.31. The first-order valence-corrected chi connectivity index (χ1v) is 8.72. The fraction of sp³-hybridized carbons (Fsp3) is 0.235. The molecule has 0 fully saturated rings. The van der Waals surface area contributed by atoms with Gasteiger partial charge in [0.05, 0.1) is 0 Å². The van der Waals surface area contributed by atoms with Crippen molar-refractivity contribution in [2.45, 2.75) is 24.9 Å². The van der Waals surface area contributed by atoms with E-state index in [9.17, 15) is 5.11 Å². The second-order valence-electron chi connectivity index (χ2n) is 5.13. The van der Waals surface area contributed by atoms with Gasteiger partial charge >= 0.3 is 0 Å². The number of nitrogens with one attached hydrogen (secondary N) is 1. The second kappa shape index (κ2) is 7.94. The molecule has 3 aromatic rings. The van der Waals surface area contributed by atoms with Gasteiger partial charge in [-0.05, 0) is 31.2 Å².